The van der Waals surface area contributed by atoms with E-state index in [4.69, 9.17) is 16.3 Å². The number of halogens is 1. The molecule has 0 aliphatic heterocycles. The zero-order chi connectivity index (χ0) is 19.7. The summed E-state index contributed by atoms with van der Waals surface area (Å²) in [4.78, 5) is 6.69. The molecule has 28 heavy (non-hydrogen) atoms. The maximum absolute atomic E-state index is 6.30. The summed E-state index contributed by atoms with van der Waals surface area (Å²) < 4.78 is 5.25. The Morgan fingerprint density at radius 2 is 1.89 bits per heavy atom. The van der Waals surface area contributed by atoms with E-state index in [0.717, 1.165) is 34.3 Å². The number of H-pyrrole nitrogens is 1. The fourth-order valence-electron chi connectivity index (χ4n) is 3.31. The number of aromatic nitrogens is 3. The van der Waals surface area contributed by atoms with Crippen LogP contribution in [0.1, 0.15) is 5.56 Å². The van der Waals surface area contributed by atoms with Gasteiger partial charge < -0.3 is 9.64 Å². The van der Waals surface area contributed by atoms with Gasteiger partial charge in [0.05, 0.1) is 17.8 Å². The van der Waals surface area contributed by atoms with E-state index < -0.39 is 0 Å². The van der Waals surface area contributed by atoms with Crippen LogP contribution in [0.4, 0.5) is 0 Å². The number of nitrogens with zero attached hydrogens (tertiary/aromatic N) is 3. The van der Waals surface area contributed by atoms with Crippen molar-refractivity contribution in [2.24, 2.45) is 0 Å². The number of rotatable bonds is 5. The second-order valence-electron chi connectivity index (χ2n) is 6.98. The molecule has 142 valence electrons. The van der Waals surface area contributed by atoms with Gasteiger partial charge in [-0.2, -0.15) is 5.10 Å². The lowest BCUT2D eigenvalue weighted by atomic mass is 10.0. The Labute approximate surface area is 168 Å². The highest BCUT2D eigenvalue weighted by Gasteiger charge is 2.12. The van der Waals surface area contributed by atoms with Crippen molar-refractivity contribution in [3.8, 4) is 28.1 Å². The molecule has 4 rings (SSSR count). The van der Waals surface area contributed by atoms with Crippen molar-refractivity contribution >= 4 is 22.6 Å². The van der Waals surface area contributed by atoms with Crippen LogP contribution in [0, 0.1) is 0 Å². The van der Waals surface area contributed by atoms with E-state index in [-0.39, 0.29) is 0 Å². The van der Waals surface area contributed by atoms with Gasteiger partial charge in [0.1, 0.15) is 5.75 Å². The summed E-state index contributed by atoms with van der Waals surface area (Å²) in [7, 11) is 5.74. The Hall–Kier alpha value is -2.89. The minimum Gasteiger partial charge on any atom is -0.495 e. The van der Waals surface area contributed by atoms with Gasteiger partial charge in [-0.1, -0.05) is 29.8 Å². The monoisotopic (exact) mass is 392 g/mol. The largest absolute Gasteiger partial charge is 0.495 e. The SMILES string of the molecule is COc1ccc(-c2[nH]nc3ncc(-c4cccc(CN(C)C)c4)cc23)cc1Cl. The van der Waals surface area contributed by atoms with E-state index in [1.165, 1.54) is 5.56 Å². The van der Waals surface area contributed by atoms with Gasteiger partial charge >= 0.3 is 0 Å². The molecule has 0 saturated carbocycles. The maximum Gasteiger partial charge on any atom is 0.181 e. The summed E-state index contributed by atoms with van der Waals surface area (Å²) in [6, 6.07) is 16.3. The Kier molecular flexibility index (Phi) is 5.03. The molecule has 0 radical (unpaired) electrons. The Morgan fingerprint density at radius 3 is 2.64 bits per heavy atom. The molecule has 0 bridgehead atoms. The van der Waals surface area contributed by atoms with E-state index in [0.29, 0.717) is 16.4 Å². The lowest BCUT2D eigenvalue weighted by Gasteiger charge is -2.11. The molecule has 0 saturated heterocycles. The van der Waals surface area contributed by atoms with Gasteiger partial charge in [-0.25, -0.2) is 4.98 Å². The first-order valence-corrected chi connectivity index (χ1v) is 9.35. The maximum atomic E-state index is 6.30. The summed E-state index contributed by atoms with van der Waals surface area (Å²) in [5, 5.41) is 8.95. The van der Waals surface area contributed by atoms with Crippen LogP contribution in [0.25, 0.3) is 33.4 Å². The second kappa shape index (κ2) is 7.62. The third-order valence-corrected chi connectivity index (χ3v) is 4.90. The van der Waals surface area contributed by atoms with Crippen molar-refractivity contribution in [3.63, 3.8) is 0 Å². The van der Waals surface area contributed by atoms with Gasteiger partial charge in [-0.3, -0.25) is 5.10 Å². The van der Waals surface area contributed by atoms with E-state index in [1.54, 1.807) is 7.11 Å². The first kappa shape index (κ1) is 18.5. The second-order valence-corrected chi connectivity index (χ2v) is 7.39. The predicted molar refractivity (Wildman–Crippen MR) is 114 cm³/mol. The number of ether oxygens (including phenoxy) is 1. The molecule has 2 aromatic heterocycles. The van der Waals surface area contributed by atoms with Crippen molar-refractivity contribution in [1.29, 1.82) is 0 Å². The van der Waals surface area contributed by atoms with Gasteiger partial charge in [-0.05, 0) is 55.6 Å². The third-order valence-electron chi connectivity index (χ3n) is 4.61. The molecule has 0 aliphatic carbocycles. The number of aromatic amines is 1. The summed E-state index contributed by atoms with van der Waals surface area (Å²) in [5.41, 5.74) is 5.95. The molecule has 0 atom stereocenters. The zero-order valence-corrected chi connectivity index (χ0v) is 16.8. The van der Waals surface area contributed by atoms with E-state index in [1.807, 2.05) is 24.4 Å². The summed E-state index contributed by atoms with van der Waals surface area (Å²) in [6.07, 6.45) is 1.86. The lowest BCUT2D eigenvalue weighted by Crippen LogP contribution is -2.10. The Morgan fingerprint density at radius 1 is 1.04 bits per heavy atom. The fourth-order valence-corrected chi connectivity index (χ4v) is 3.57. The highest BCUT2D eigenvalue weighted by Crippen LogP contribution is 2.33. The van der Waals surface area contributed by atoms with Gasteiger partial charge in [-0.15, -0.1) is 0 Å². The van der Waals surface area contributed by atoms with Gasteiger partial charge in [0, 0.05) is 29.3 Å². The molecule has 0 aliphatic rings. The van der Waals surface area contributed by atoms with Crippen molar-refractivity contribution < 1.29 is 4.74 Å². The van der Waals surface area contributed by atoms with Gasteiger partial charge in [0.25, 0.3) is 0 Å². The average Bonchev–Trinajstić information content (AvgIpc) is 3.11. The summed E-state index contributed by atoms with van der Waals surface area (Å²) >= 11 is 6.30. The molecular weight excluding hydrogens is 372 g/mol. The first-order valence-electron chi connectivity index (χ1n) is 8.97. The Balaban J connectivity index is 1.77. The topological polar surface area (TPSA) is 54.0 Å². The first-order chi connectivity index (χ1) is 13.5. The normalized spacial score (nSPS) is 11.3. The van der Waals surface area contributed by atoms with Crippen LogP contribution in [0.15, 0.2) is 54.7 Å². The highest BCUT2D eigenvalue weighted by molar-refractivity contribution is 6.32. The number of pyridine rings is 1. The molecule has 2 heterocycles. The minimum absolute atomic E-state index is 0.559. The van der Waals surface area contributed by atoms with Crippen molar-refractivity contribution in [3.05, 3.63) is 65.3 Å². The van der Waals surface area contributed by atoms with Crippen LogP contribution in [0.3, 0.4) is 0 Å². The van der Waals surface area contributed by atoms with E-state index in [2.05, 4.69) is 64.5 Å². The van der Waals surface area contributed by atoms with Crippen molar-refractivity contribution in [2.75, 3.05) is 21.2 Å². The van der Waals surface area contributed by atoms with Gasteiger partial charge in [0.15, 0.2) is 5.65 Å². The number of hydrogen-bond donors (Lipinski definition) is 1. The lowest BCUT2D eigenvalue weighted by molar-refractivity contribution is 0.402. The average molecular weight is 393 g/mol. The molecule has 4 aromatic rings. The molecular formula is C22H21ClN4O. The molecule has 2 aromatic carbocycles. The quantitative estimate of drug-likeness (QED) is 0.518. The molecule has 1 N–H and O–H groups in total. The molecule has 0 spiro atoms. The van der Waals surface area contributed by atoms with Crippen LogP contribution < -0.4 is 4.74 Å². The van der Waals surface area contributed by atoms with Crippen molar-refractivity contribution in [1.82, 2.24) is 20.1 Å². The predicted octanol–water partition coefficient (Wildman–Crippen LogP) is 5.02. The number of methoxy groups -OCH3 is 1. The van der Waals surface area contributed by atoms with Crippen LogP contribution in [-0.2, 0) is 6.54 Å². The summed E-state index contributed by atoms with van der Waals surface area (Å²) in [6.45, 7) is 0.894. The number of nitrogens with one attached hydrogen (secondary N) is 1. The summed E-state index contributed by atoms with van der Waals surface area (Å²) in [5.74, 6) is 0.644. The highest BCUT2D eigenvalue weighted by atomic mass is 35.5. The number of fused-ring (bicyclic) bond motifs is 1. The standard InChI is InChI=1S/C22H21ClN4O/c1-27(2)13-14-5-4-6-15(9-14)17-10-18-21(25-26-22(18)24-12-17)16-7-8-20(28-3)19(23)11-16/h4-12H,13H2,1-3H3,(H,24,25,26). The molecule has 5 nitrogen and oxygen atoms in total. The van der Waals surface area contributed by atoms with Crippen LogP contribution in [0.5, 0.6) is 5.75 Å². The van der Waals surface area contributed by atoms with Crippen LogP contribution >= 0.6 is 11.6 Å². The van der Waals surface area contributed by atoms with Gasteiger partial charge in [0.2, 0.25) is 0 Å². The van der Waals surface area contributed by atoms with Crippen LogP contribution in [0.2, 0.25) is 5.02 Å². The third kappa shape index (κ3) is 3.59. The zero-order valence-electron chi connectivity index (χ0n) is 16.0. The smallest absolute Gasteiger partial charge is 0.181 e. The number of hydrogen-bond acceptors (Lipinski definition) is 4. The molecule has 0 amide bonds. The van der Waals surface area contributed by atoms with Crippen molar-refractivity contribution in [2.45, 2.75) is 6.54 Å². The molecule has 0 unspecified atom stereocenters. The van der Waals surface area contributed by atoms with Crippen LogP contribution in [-0.4, -0.2) is 41.3 Å². The molecule has 0 fully saturated rings. The van der Waals surface area contributed by atoms with E-state index in [9.17, 15) is 0 Å². The number of benzene rings is 2. The molecule has 6 heteroatoms. The fraction of sp³-hybridized carbons (Fsp3) is 0.182. The minimum atomic E-state index is 0.559. The Bertz CT molecular complexity index is 1140. The van der Waals surface area contributed by atoms with E-state index >= 15 is 0 Å².